The summed E-state index contributed by atoms with van der Waals surface area (Å²) in [6, 6.07) is 23.1. The first-order valence-electron chi connectivity index (χ1n) is 20.2. The minimum atomic E-state index is -1.03. The molecule has 6 aromatic rings. The molecule has 0 amide bonds. The van der Waals surface area contributed by atoms with E-state index in [2.05, 4.69) is 24.3 Å². The number of carbonyl (C=O) groups is 2. The fourth-order valence-electron chi connectivity index (χ4n) is 8.70. The van der Waals surface area contributed by atoms with Gasteiger partial charge in [-0.1, -0.05) is 46.4 Å². The molecule has 4 unspecified atom stereocenters. The van der Waals surface area contributed by atoms with Crippen LogP contribution in [0.25, 0.3) is 21.8 Å². The van der Waals surface area contributed by atoms with Gasteiger partial charge in [0, 0.05) is 94.0 Å². The third-order valence-electron chi connectivity index (χ3n) is 12.2. The number of nitriles is 2. The first kappa shape index (κ1) is 47.6. The Labute approximate surface area is 396 Å². The van der Waals surface area contributed by atoms with Gasteiger partial charge in [-0.3, -0.25) is 0 Å². The van der Waals surface area contributed by atoms with E-state index in [1.54, 1.807) is 24.3 Å². The van der Waals surface area contributed by atoms with Gasteiger partial charge in [0.1, 0.15) is 11.5 Å². The van der Waals surface area contributed by atoms with Crippen molar-refractivity contribution in [2.45, 2.75) is 77.4 Å². The Hall–Kier alpha value is -4.84. The summed E-state index contributed by atoms with van der Waals surface area (Å²) in [5.41, 5.74) is 8.78. The predicted molar refractivity (Wildman–Crippen MR) is 237 cm³/mol. The molecule has 4 aromatic carbocycles. The molecule has 0 saturated heterocycles. The van der Waals surface area contributed by atoms with Crippen molar-refractivity contribution in [3.05, 3.63) is 126 Å². The van der Waals surface area contributed by atoms with Gasteiger partial charge in [0.15, 0.2) is 0 Å². The molecule has 2 fully saturated rings. The standard InChI is InChI=1S/2C24H22Cl2N2O3.Fe/c2*1-13-7-14(12-27)8-21-18(13)10-16(28(21)2)11-19-20(25)5-6-22(23(19)26)31-17-4-3-15(9-17)24(29)30;/h2*5-8,10,15,17H,3-4,9,11H2,1-2H3,(H,29,30);/q;;+2/p-2. The zero-order valence-electron chi connectivity index (χ0n) is 34.8. The van der Waals surface area contributed by atoms with Crippen LogP contribution >= 0.6 is 46.4 Å². The molecule has 0 N–H and O–H groups in total. The second-order valence-corrected chi connectivity index (χ2v) is 17.8. The van der Waals surface area contributed by atoms with Crippen molar-refractivity contribution in [2.75, 3.05) is 0 Å². The minimum Gasteiger partial charge on any atom is -0.550 e. The number of carbonyl (C=O) groups excluding carboxylic acids is 2. The Morgan fingerprint density at radius 2 is 1.03 bits per heavy atom. The quantitative estimate of drug-likeness (QED) is 0.123. The van der Waals surface area contributed by atoms with E-state index in [1.807, 2.05) is 61.3 Å². The maximum absolute atomic E-state index is 11.1. The van der Waals surface area contributed by atoms with Crippen molar-refractivity contribution in [1.29, 1.82) is 10.5 Å². The van der Waals surface area contributed by atoms with Crippen molar-refractivity contribution in [3.8, 4) is 23.6 Å². The molecule has 2 aromatic heterocycles. The summed E-state index contributed by atoms with van der Waals surface area (Å²) in [5.74, 6) is -2.00. The molecule has 0 bridgehead atoms. The molecule has 4 atom stereocenters. The number of ether oxygens (including phenoxy) is 2. The number of carboxylic acid groups (broad SMARTS) is 2. The molecule has 8 rings (SSSR count). The molecule has 2 heterocycles. The van der Waals surface area contributed by atoms with Gasteiger partial charge >= 0.3 is 17.1 Å². The summed E-state index contributed by atoms with van der Waals surface area (Å²) in [4.78, 5) is 22.2. The number of benzene rings is 4. The van der Waals surface area contributed by atoms with Gasteiger partial charge in [0.25, 0.3) is 0 Å². The number of fused-ring (bicyclic) bond motifs is 2. The fraction of sp³-hybridized carbons (Fsp3) is 0.333. The zero-order valence-corrected chi connectivity index (χ0v) is 39.0. The molecule has 15 heteroatoms. The number of aromatic nitrogens is 2. The van der Waals surface area contributed by atoms with Crippen LogP contribution in [0.5, 0.6) is 11.5 Å². The van der Waals surface area contributed by atoms with E-state index in [0.29, 0.717) is 94.1 Å². The van der Waals surface area contributed by atoms with Crippen LogP contribution in [-0.2, 0) is 53.6 Å². The summed E-state index contributed by atoms with van der Waals surface area (Å²) in [6.45, 7) is 3.98. The summed E-state index contributed by atoms with van der Waals surface area (Å²) in [6.07, 6.45) is 3.80. The van der Waals surface area contributed by atoms with Crippen LogP contribution in [0.15, 0.2) is 60.7 Å². The Bertz CT molecular complexity index is 2650. The minimum absolute atomic E-state index is 0. The number of halogens is 4. The first-order chi connectivity index (χ1) is 29.6. The van der Waals surface area contributed by atoms with Crippen molar-refractivity contribution in [2.24, 2.45) is 25.9 Å². The van der Waals surface area contributed by atoms with Crippen LogP contribution in [0, 0.1) is 48.3 Å². The third-order valence-corrected chi connectivity index (χ3v) is 13.8. The van der Waals surface area contributed by atoms with Gasteiger partial charge in [0.05, 0.1) is 45.5 Å². The summed E-state index contributed by atoms with van der Waals surface area (Å²) in [5, 5.41) is 44.9. The second-order valence-electron chi connectivity index (χ2n) is 16.2. The third kappa shape index (κ3) is 10.1. The summed E-state index contributed by atoms with van der Waals surface area (Å²) in [7, 11) is 3.91. The molecule has 2 saturated carbocycles. The topological polar surface area (TPSA) is 156 Å². The Morgan fingerprint density at radius 3 is 1.37 bits per heavy atom. The van der Waals surface area contributed by atoms with E-state index in [9.17, 15) is 30.3 Å². The zero-order chi connectivity index (χ0) is 44.6. The van der Waals surface area contributed by atoms with E-state index >= 15 is 0 Å². The van der Waals surface area contributed by atoms with Crippen molar-refractivity contribution in [1.82, 2.24) is 9.13 Å². The molecule has 0 radical (unpaired) electrons. The Balaban J connectivity index is 0.000000206. The normalized spacial score (nSPS) is 18.0. The fourth-order valence-corrected chi connectivity index (χ4v) is 9.79. The van der Waals surface area contributed by atoms with Gasteiger partial charge in [-0.15, -0.1) is 0 Å². The summed E-state index contributed by atoms with van der Waals surface area (Å²) < 4.78 is 16.2. The van der Waals surface area contributed by atoms with Gasteiger partial charge in [-0.05, 0) is 135 Å². The van der Waals surface area contributed by atoms with Gasteiger partial charge in [-0.25, -0.2) is 0 Å². The SMILES string of the molecule is Cc1cc(C#N)cc2c1cc(Cc1c(Cl)ccc(OC3CCC(C(=O)[O-])C3)c1Cl)n2C.Cc1cc(C#N)cc2c1cc(Cc1c(Cl)ccc(OC3CCC(C(=O)[O-])C3)c1Cl)n2C.[Fe+2]. The number of nitrogens with zero attached hydrogens (tertiary/aromatic N) is 4. The van der Waals surface area contributed by atoms with Gasteiger partial charge < -0.3 is 38.4 Å². The number of hydrogen-bond donors (Lipinski definition) is 0. The molecule has 2 aliphatic rings. The molecule has 0 spiro atoms. The van der Waals surface area contributed by atoms with Gasteiger partial charge in [-0.2, -0.15) is 10.5 Å². The van der Waals surface area contributed by atoms with Crippen molar-refractivity contribution < 1.29 is 46.3 Å². The number of rotatable bonds is 10. The van der Waals surface area contributed by atoms with E-state index in [-0.39, 0.29) is 29.3 Å². The van der Waals surface area contributed by atoms with Gasteiger partial charge in [0.2, 0.25) is 0 Å². The Morgan fingerprint density at radius 1 is 0.651 bits per heavy atom. The maximum Gasteiger partial charge on any atom is 2.00 e. The number of carboxylic acids is 2. The number of hydrogen-bond acceptors (Lipinski definition) is 8. The van der Waals surface area contributed by atoms with Crippen LogP contribution in [0.2, 0.25) is 20.1 Å². The van der Waals surface area contributed by atoms with Crippen molar-refractivity contribution in [3.63, 3.8) is 0 Å². The van der Waals surface area contributed by atoms with E-state index in [4.69, 9.17) is 55.9 Å². The number of aryl methyl sites for hydroxylation is 4. The van der Waals surface area contributed by atoms with Crippen LogP contribution in [0.3, 0.4) is 0 Å². The smallest absolute Gasteiger partial charge is 0.550 e. The maximum atomic E-state index is 11.1. The van der Waals surface area contributed by atoms with Crippen LogP contribution < -0.4 is 19.7 Å². The molecular weight excluding hydrogens is 926 g/mol. The van der Waals surface area contributed by atoms with Crippen LogP contribution in [0.1, 0.15) is 83.3 Å². The molecule has 326 valence electrons. The molecule has 63 heavy (non-hydrogen) atoms. The second kappa shape index (κ2) is 19.9. The molecule has 0 aliphatic heterocycles. The van der Waals surface area contributed by atoms with E-state index in [0.717, 1.165) is 55.4 Å². The largest absolute Gasteiger partial charge is 2.00 e. The average Bonchev–Trinajstić information content (AvgIpc) is 4.05. The van der Waals surface area contributed by atoms with E-state index in [1.165, 1.54) is 0 Å². The summed E-state index contributed by atoms with van der Waals surface area (Å²) >= 11 is 26.3. The van der Waals surface area contributed by atoms with E-state index < -0.39 is 23.8 Å². The molecule has 10 nitrogen and oxygen atoms in total. The molecular formula is C48H42Cl4FeN4O6. The van der Waals surface area contributed by atoms with Crippen LogP contribution in [-0.4, -0.2) is 33.3 Å². The monoisotopic (exact) mass is 966 g/mol. The van der Waals surface area contributed by atoms with Crippen molar-refractivity contribution >= 4 is 80.1 Å². The average molecular weight is 969 g/mol. The molecule has 2 aliphatic carbocycles. The number of aliphatic carboxylic acids is 2. The first-order valence-corrected chi connectivity index (χ1v) is 21.7. The predicted octanol–water partition coefficient (Wildman–Crippen LogP) is 9.10. The Kier molecular flexibility index (Phi) is 15.1. The van der Waals surface area contributed by atoms with Crippen LogP contribution in [0.4, 0.5) is 0 Å².